The number of rotatable bonds is 7. The van der Waals surface area contributed by atoms with Gasteiger partial charge in [-0.05, 0) is 65.6 Å². The maximum Gasteiger partial charge on any atom is 0.261 e. The van der Waals surface area contributed by atoms with E-state index in [0.717, 1.165) is 22.3 Å². The molecular weight excluding hydrogens is 432 g/mol. The summed E-state index contributed by atoms with van der Waals surface area (Å²) < 4.78 is 27.8. The Morgan fingerprint density at radius 2 is 1.39 bits per heavy atom. The number of hydrogen-bond donors (Lipinski definition) is 2. The summed E-state index contributed by atoms with van der Waals surface area (Å²) in [6.07, 6.45) is 0.226. The molecule has 2 N–H and O–H groups in total. The van der Waals surface area contributed by atoms with Gasteiger partial charge in [0.1, 0.15) is 0 Å². The minimum Gasteiger partial charge on any atom is -0.326 e. The van der Waals surface area contributed by atoms with Crippen molar-refractivity contribution in [2.75, 3.05) is 10.0 Å². The smallest absolute Gasteiger partial charge is 0.261 e. The molecule has 1 amide bonds. The number of hydrogen-bond acceptors (Lipinski definition) is 3. The molecule has 0 spiro atoms. The summed E-state index contributed by atoms with van der Waals surface area (Å²) in [5, 5.41) is 2.82. The molecule has 0 radical (unpaired) electrons. The zero-order chi connectivity index (χ0) is 23.3. The lowest BCUT2D eigenvalue weighted by Gasteiger charge is -2.10. The predicted molar refractivity (Wildman–Crippen MR) is 133 cm³/mol. The van der Waals surface area contributed by atoms with Crippen molar-refractivity contribution in [2.45, 2.75) is 18.2 Å². The molecule has 0 atom stereocenters. The summed E-state index contributed by atoms with van der Waals surface area (Å²) in [5.74, 6) is -0.170. The monoisotopic (exact) mass is 456 g/mol. The number of carbonyl (C=O) groups is 1. The maximum atomic E-state index is 12.6. The normalized spacial score (nSPS) is 11.1. The molecule has 0 aliphatic heterocycles. The number of nitrogens with one attached hydrogen (secondary N) is 2. The van der Waals surface area contributed by atoms with E-state index >= 15 is 0 Å². The first-order valence-electron chi connectivity index (χ1n) is 10.5. The molecule has 0 heterocycles. The summed E-state index contributed by atoms with van der Waals surface area (Å²) in [5.41, 5.74) is 5.12. The van der Waals surface area contributed by atoms with E-state index in [9.17, 15) is 13.2 Å². The van der Waals surface area contributed by atoms with Crippen LogP contribution in [0.3, 0.4) is 0 Å². The Labute approximate surface area is 194 Å². The van der Waals surface area contributed by atoms with Gasteiger partial charge in [-0.25, -0.2) is 8.42 Å². The molecule has 166 valence electrons. The fraction of sp³-hybridized carbons (Fsp3) is 0.0741. The summed E-state index contributed by atoms with van der Waals surface area (Å²) in [7, 11) is -3.71. The van der Waals surface area contributed by atoms with Crippen LogP contribution in [0.4, 0.5) is 11.4 Å². The highest BCUT2D eigenvalue weighted by Crippen LogP contribution is 2.21. The van der Waals surface area contributed by atoms with Gasteiger partial charge in [0.25, 0.3) is 10.0 Å². The van der Waals surface area contributed by atoms with Crippen molar-refractivity contribution in [1.29, 1.82) is 0 Å². The van der Waals surface area contributed by atoms with Crippen LogP contribution in [-0.4, -0.2) is 14.3 Å². The fourth-order valence-electron chi connectivity index (χ4n) is 3.48. The SMILES string of the molecule is Cc1cccc(NS(=O)(=O)c2ccc(NC(=O)Cc3ccc(-c4ccccc4)cc3)cc2)c1. The largest absolute Gasteiger partial charge is 0.326 e. The molecule has 0 aromatic heterocycles. The van der Waals surface area contributed by atoms with Gasteiger partial charge < -0.3 is 5.32 Å². The molecule has 4 aromatic carbocycles. The van der Waals surface area contributed by atoms with Gasteiger partial charge in [-0.3, -0.25) is 9.52 Å². The predicted octanol–water partition coefficient (Wildman–Crippen LogP) is 5.64. The highest BCUT2D eigenvalue weighted by Gasteiger charge is 2.14. The first kappa shape index (κ1) is 22.3. The second kappa shape index (κ2) is 9.71. The molecule has 0 aliphatic carbocycles. The highest BCUT2D eigenvalue weighted by molar-refractivity contribution is 7.92. The van der Waals surface area contributed by atoms with Crippen molar-refractivity contribution in [2.24, 2.45) is 0 Å². The van der Waals surface area contributed by atoms with E-state index < -0.39 is 10.0 Å². The maximum absolute atomic E-state index is 12.6. The van der Waals surface area contributed by atoms with Crippen LogP contribution in [0.25, 0.3) is 11.1 Å². The van der Waals surface area contributed by atoms with Gasteiger partial charge in [-0.1, -0.05) is 66.7 Å². The standard InChI is InChI=1S/C27H24N2O3S/c1-20-6-5-9-25(18-20)29-33(31,32)26-16-14-24(15-17-26)28-27(30)19-21-10-12-23(13-11-21)22-7-3-2-4-8-22/h2-18,29H,19H2,1H3,(H,28,30). The number of aryl methyl sites for hydroxylation is 1. The lowest BCUT2D eigenvalue weighted by Crippen LogP contribution is -2.15. The van der Waals surface area contributed by atoms with Gasteiger partial charge in [0.05, 0.1) is 11.3 Å². The molecule has 4 aromatic rings. The van der Waals surface area contributed by atoms with Crippen molar-refractivity contribution < 1.29 is 13.2 Å². The first-order valence-corrected chi connectivity index (χ1v) is 12.0. The van der Waals surface area contributed by atoms with E-state index in [0.29, 0.717) is 11.4 Å². The quantitative estimate of drug-likeness (QED) is 0.378. The number of benzene rings is 4. The molecular formula is C27H24N2O3S. The van der Waals surface area contributed by atoms with E-state index in [1.165, 1.54) is 12.1 Å². The number of anilines is 2. The Kier molecular flexibility index (Phi) is 6.56. The lowest BCUT2D eigenvalue weighted by molar-refractivity contribution is -0.115. The van der Waals surface area contributed by atoms with E-state index in [2.05, 4.69) is 10.0 Å². The van der Waals surface area contributed by atoms with Gasteiger partial charge in [0, 0.05) is 11.4 Å². The molecule has 0 fully saturated rings. The van der Waals surface area contributed by atoms with Crippen LogP contribution in [-0.2, 0) is 21.2 Å². The zero-order valence-electron chi connectivity index (χ0n) is 18.2. The summed E-state index contributed by atoms with van der Waals surface area (Å²) in [4.78, 5) is 12.6. The van der Waals surface area contributed by atoms with Crippen LogP contribution >= 0.6 is 0 Å². The molecule has 0 saturated heterocycles. The Morgan fingerprint density at radius 1 is 0.727 bits per heavy atom. The van der Waals surface area contributed by atoms with Gasteiger partial charge in [-0.15, -0.1) is 0 Å². The molecule has 33 heavy (non-hydrogen) atoms. The van der Waals surface area contributed by atoms with Crippen LogP contribution in [0, 0.1) is 6.92 Å². The zero-order valence-corrected chi connectivity index (χ0v) is 19.0. The number of amides is 1. The van der Waals surface area contributed by atoms with Crippen LogP contribution in [0.1, 0.15) is 11.1 Å². The average Bonchev–Trinajstić information content (AvgIpc) is 2.80. The molecule has 0 saturated carbocycles. The van der Waals surface area contributed by atoms with Crippen molar-refractivity contribution in [3.05, 3.63) is 114 Å². The Hall–Kier alpha value is -3.90. The second-order valence-electron chi connectivity index (χ2n) is 7.79. The molecule has 0 unspecified atom stereocenters. The Morgan fingerprint density at radius 3 is 2.06 bits per heavy atom. The van der Waals surface area contributed by atoms with E-state index in [1.54, 1.807) is 30.3 Å². The minimum atomic E-state index is -3.71. The van der Waals surface area contributed by atoms with Crippen molar-refractivity contribution in [3.8, 4) is 11.1 Å². The van der Waals surface area contributed by atoms with Crippen molar-refractivity contribution in [1.82, 2.24) is 0 Å². The topological polar surface area (TPSA) is 75.3 Å². The lowest BCUT2D eigenvalue weighted by atomic mass is 10.0. The van der Waals surface area contributed by atoms with E-state index in [1.807, 2.05) is 67.6 Å². The van der Waals surface area contributed by atoms with E-state index in [-0.39, 0.29) is 17.2 Å². The third kappa shape index (κ3) is 5.87. The van der Waals surface area contributed by atoms with Gasteiger partial charge in [0.15, 0.2) is 0 Å². The van der Waals surface area contributed by atoms with Crippen molar-refractivity contribution >= 4 is 27.3 Å². The van der Waals surface area contributed by atoms with Gasteiger partial charge >= 0.3 is 0 Å². The fourth-order valence-corrected chi connectivity index (χ4v) is 4.53. The van der Waals surface area contributed by atoms with Gasteiger partial charge in [0.2, 0.25) is 5.91 Å². The molecule has 5 nitrogen and oxygen atoms in total. The average molecular weight is 457 g/mol. The minimum absolute atomic E-state index is 0.124. The van der Waals surface area contributed by atoms with Crippen LogP contribution in [0.2, 0.25) is 0 Å². The van der Waals surface area contributed by atoms with Crippen LogP contribution in [0.5, 0.6) is 0 Å². The number of carbonyl (C=O) groups excluding carboxylic acids is 1. The molecule has 6 heteroatoms. The summed E-state index contributed by atoms with van der Waals surface area (Å²) in [6, 6.07) is 31.2. The first-order chi connectivity index (χ1) is 15.9. The second-order valence-corrected chi connectivity index (χ2v) is 9.47. The summed E-state index contributed by atoms with van der Waals surface area (Å²) >= 11 is 0. The van der Waals surface area contributed by atoms with Crippen LogP contribution in [0.15, 0.2) is 108 Å². The van der Waals surface area contributed by atoms with Crippen LogP contribution < -0.4 is 10.0 Å². The van der Waals surface area contributed by atoms with E-state index in [4.69, 9.17) is 0 Å². The number of sulfonamides is 1. The van der Waals surface area contributed by atoms with Gasteiger partial charge in [-0.2, -0.15) is 0 Å². The third-order valence-electron chi connectivity index (χ3n) is 5.14. The molecule has 0 aliphatic rings. The third-order valence-corrected chi connectivity index (χ3v) is 6.54. The summed E-state index contributed by atoms with van der Waals surface area (Å²) in [6.45, 7) is 1.90. The van der Waals surface area contributed by atoms with Crippen molar-refractivity contribution in [3.63, 3.8) is 0 Å². The Bertz CT molecular complexity index is 1350. The highest BCUT2D eigenvalue weighted by atomic mass is 32.2. The Balaban J connectivity index is 1.37. The molecule has 4 rings (SSSR count). The molecule has 0 bridgehead atoms.